The van der Waals surface area contributed by atoms with Gasteiger partial charge >= 0.3 is 64.9 Å². The van der Waals surface area contributed by atoms with Gasteiger partial charge in [0.05, 0.1) is 29.3 Å². The summed E-state index contributed by atoms with van der Waals surface area (Å²) < 4.78 is 1.22. The molecule has 6 radical (unpaired) electrons. The van der Waals surface area contributed by atoms with Crippen molar-refractivity contribution in [2.75, 3.05) is 4.43 Å². The molecule has 28 heavy (non-hydrogen) atoms. The van der Waals surface area contributed by atoms with Crippen LogP contribution < -0.4 is 5.73 Å². The average molecular weight is 874 g/mol. The Morgan fingerprint density at radius 2 is 1.46 bits per heavy atom. The summed E-state index contributed by atoms with van der Waals surface area (Å²) in [6.45, 7) is 2.11. The first-order valence-corrected chi connectivity index (χ1v) is 23.2. The van der Waals surface area contributed by atoms with Crippen molar-refractivity contribution in [3.63, 3.8) is 0 Å². The van der Waals surface area contributed by atoms with Crippen LogP contribution in [-0.2, 0) is 9.72 Å². The Morgan fingerprint density at radius 1 is 1.11 bits per heavy atom. The molecule has 3 rings (SSSR count). The quantitative estimate of drug-likeness (QED) is 0.0771. The molecule has 12 heteroatoms. The molecule has 0 aromatic rings. The Bertz CT molecular complexity index is 403. The van der Waals surface area contributed by atoms with Crippen LogP contribution in [0.4, 0.5) is 0 Å². The van der Waals surface area contributed by atoms with Crippen LogP contribution in [-0.4, -0.2) is 50.7 Å². The van der Waals surface area contributed by atoms with E-state index >= 15 is 0 Å². The number of carbonyl (C=O) groups is 1. The van der Waals surface area contributed by atoms with Gasteiger partial charge in [0.1, 0.15) is 5.78 Å². The topological polar surface area (TPSA) is 75.7 Å². The zero-order chi connectivity index (χ0) is 20.7. The molecule has 4 atom stereocenters. The third-order valence-electron chi connectivity index (χ3n) is 3.77. The van der Waals surface area contributed by atoms with Crippen LogP contribution in [0.1, 0.15) is 52.9 Å². The number of carbonyl (C=O) groups excluding carboxylic acids is 1. The summed E-state index contributed by atoms with van der Waals surface area (Å²) in [5.74, 6) is 0.468. The molecule has 4 nitrogen and oxygen atoms in total. The predicted molar refractivity (Wildman–Crippen MR) is 158 cm³/mol. The van der Waals surface area contributed by atoms with Gasteiger partial charge in [0.2, 0.25) is 0 Å². The minimum atomic E-state index is -0.278. The van der Waals surface area contributed by atoms with Crippen LogP contribution in [0.2, 0.25) is 17.5 Å². The van der Waals surface area contributed by atoms with Crippen LogP contribution in [0, 0.1) is 7.43 Å². The Balaban J connectivity index is -0.000000130. The summed E-state index contributed by atoms with van der Waals surface area (Å²) >= 11 is 9.68. The van der Waals surface area contributed by atoms with E-state index in [1.807, 2.05) is 0 Å². The molecule has 160 valence electrons. The maximum atomic E-state index is 10.1. The number of hydrogen-bond donors (Lipinski definition) is 2. The predicted octanol–water partition coefficient (Wildman–Crippen LogP) is 6.12. The second-order valence-corrected chi connectivity index (χ2v) is 42.6. The molecule has 2 unspecified atom stereocenters. The van der Waals surface area contributed by atoms with Crippen molar-refractivity contribution in [1.82, 2.24) is 0 Å². The second kappa shape index (κ2) is 24.4. The zero-order valence-corrected chi connectivity index (χ0v) is 25.9. The van der Waals surface area contributed by atoms with E-state index in [1.54, 1.807) is 0 Å². The number of nitrogens with zero attached hydrogens (tertiary/aromatic N) is 1. The number of oxime groups is 1. The van der Waals surface area contributed by atoms with E-state index in [9.17, 15) is 4.79 Å². The fourth-order valence-electron chi connectivity index (χ4n) is 1.54. The molecule has 0 heterocycles. The monoisotopic (exact) mass is 875 g/mol. The molecule has 3 aliphatic rings. The fourth-order valence-corrected chi connectivity index (χ4v) is 1.54. The first-order chi connectivity index (χ1) is 12.1. The average Bonchev–Trinajstić information content (AvgIpc) is 2.58. The van der Waals surface area contributed by atoms with Crippen molar-refractivity contribution < 1.29 is 14.9 Å². The van der Waals surface area contributed by atoms with Crippen molar-refractivity contribution in [1.29, 1.82) is 0 Å². The van der Waals surface area contributed by atoms with Gasteiger partial charge in [-0.05, 0) is 47.8 Å². The molecule has 0 bridgehead atoms. The van der Waals surface area contributed by atoms with Gasteiger partial charge < -0.3 is 23.2 Å². The van der Waals surface area contributed by atoms with Gasteiger partial charge in [-0.2, -0.15) is 0 Å². The van der Waals surface area contributed by atoms with E-state index in [4.69, 9.17) is 34.5 Å². The molecule has 3 saturated carbocycles. The van der Waals surface area contributed by atoms with E-state index in [-0.39, 0.29) is 37.2 Å². The summed E-state index contributed by atoms with van der Waals surface area (Å²) in [5.41, 5.74) is 6.13. The summed E-state index contributed by atoms with van der Waals surface area (Å²) in [5, 5.41) is 11.0. The molecular formula is C16H31B3I4N2O2V-. The SMILES string of the molecule is C.CCI.[B]C1CC/C1=N\O.[B]C1CCC1=O.[B][C@H]1CC[C@H]1N.[CH3-].[I][V]([I])[I]. The molecule has 0 aliphatic heterocycles. The summed E-state index contributed by atoms with van der Waals surface area (Å²) in [6, 6.07) is 0.310. The van der Waals surface area contributed by atoms with Crippen molar-refractivity contribution in [3.8, 4) is 0 Å². The minimum absolute atomic E-state index is 0. The molecule has 3 N–H and O–H groups in total. The molecule has 0 aromatic heterocycles. The summed E-state index contributed by atoms with van der Waals surface area (Å²) in [7, 11) is 15.9. The summed E-state index contributed by atoms with van der Waals surface area (Å²) in [6.07, 6.45) is 5.71. The van der Waals surface area contributed by atoms with Crippen molar-refractivity contribution in [2.24, 2.45) is 10.9 Å². The van der Waals surface area contributed by atoms with Crippen LogP contribution >= 0.6 is 82.5 Å². The van der Waals surface area contributed by atoms with Gasteiger partial charge in [0.25, 0.3) is 0 Å². The van der Waals surface area contributed by atoms with E-state index in [1.165, 1.54) is 4.43 Å². The maximum absolute atomic E-state index is 10.1. The third-order valence-corrected chi connectivity index (χ3v) is 3.77. The molecule has 0 spiro atoms. The first kappa shape index (κ1) is 38.1. The van der Waals surface area contributed by atoms with Crippen molar-refractivity contribution in [3.05, 3.63) is 7.43 Å². The van der Waals surface area contributed by atoms with Crippen molar-refractivity contribution in [2.45, 2.75) is 76.4 Å². The third kappa shape index (κ3) is 22.0. The van der Waals surface area contributed by atoms with E-state index in [0.717, 1.165) is 37.8 Å². The van der Waals surface area contributed by atoms with E-state index in [2.05, 4.69) is 94.6 Å². The van der Waals surface area contributed by atoms with Gasteiger partial charge in [-0.3, -0.25) is 0 Å². The Kier molecular flexibility index (Phi) is 33.2. The van der Waals surface area contributed by atoms with Crippen LogP contribution in [0.5, 0.6) is 0 Å². The van der Waals surface area contributed by atoms with E-state index in [0.29, 0.717) is 18.3 Å². The standard InChI is InChI=1S/C4H6BNO.C4H8BN.C4H5BO.C2H5I.CH4.CH3.3HI.V/c5-3-1-2-4(3)6-7;2*5-3-1-2-4(3)6;1-2-3;;;;;;/h3,7H,1-2H2;3-4H,1-2,6H2;3H,1-2H2;2H2,1H3;1H4;1H3;3*1H;/q;;;;;-1;;;;+3/p-3/b6-4+;;;;;;;;;/t;3-,4+;;;;;;;;/m.0......../s1. The Morgan fingerprint density at radius 3 is 1.46 bits per heavy atom. The molecule has 0 amide bonds. The Labute approximate surface area is 228 Å². The van der Waals surface area contributed by atoms with Gasteiger partial charge in [0, 0.05) is 6.42 Å². The number of halogens is 4. The van der Waals surface area contributed by atoms with E-state index < -0.39 is 0 Å². The number of Topliss-reactive ketones (excluding diaryl/α,β-unsaturated/α-hetero) is 1. The number of ketones is 1. The second-order valence-electron chi connectivity index (χ2n) is 5.71. The van der Waals surface area contributed by atoms with Gasteiger partial charge in [0.15, 0.2) is 0 Å². The number of alkyl halides is 1. The van der Waals surface area contributed by atoms with Crippen LogP contribution in [0.25, 0.3) is 0 Å². The fraction of sp³-hybridized carbons (Fsp3) is 0.812. The molecule has 3 fully saturated rings. The number of rotatable bonds is 0. The van der Waals surface area contributed by atoms with Crippen LogP contribution in [0.3, 0.4) is 0 Å². The van der Waals surface area contributed by atoms with Gasteiger partial charge in [-0.25, -0.2) is 0 Å². The van der Waals surface area contributed by atoms with Gasteiger partial charge in [-0.1, -0.05) is 54.3 Å². The molecular weight excluding hydrogens is 843 g/mol. The summed E-state index contributed by atoms with van der Waals surface area (Å²) in [4.78, 5) is 9.83. The molecule has 0 saturated heterocycles. The zero-order valence-electron chi connectivity index (χ0n) is 15.8. The van der Waals surface area contributed by atoms with Crippen LogP contribution in [0.15, 0.2) is 5.16 Å². The first-order valence-electron chi connectivity index (χ1n) is 8.19. The molecule has 3 aliphatic carbocycles. The number of hydrogen-bond acceptors (Lipinski definition) is 4. The Hall–Kier alpha value is 2.80. The van der Waals surface area contributed by atoms with Crippen molar-refractivity contribution >= 4 is 118 Å². The normalized spacial score (nSPS) is 27.4. The number of nitrogens with two attached hydrogens (primary N) is 1. The van der Waals surface area contributed by atoms with Gasteiger partial charge in [-0.15, -0.1) is 0 Å². The molecule has 0 aromatic carbocycles.